The summed E-state index contributed by atoms with van der Waals surface area (Å²) in [4.78, 5) is 14.3. The molecular formula is C12H20BrNO2. The standard InChI is InChI=1S/C12H20BrNO2/c1-12(5-2-8-16-12)11(15)14-7-4-10(9-14)3-6-13/h10H,2-9H2,1H3. The van der Waals surface area contributed by atoms with E-state index in [-0.39, 0.29) is 5.91 Å². The summed E-state index contributed by atoms with van der Waals surface area (Å²) in [6.07, 6.45) is 4.21. The van der Waals surface area contributed by atoms with Gasteiger partial charge in [0.05, 0.1) is 0 Å². The van der Waals surface area contributed by atoms with Gasteiger partial charge >= 0.3 is 0 Å². The molecule has 0 aromatic heterocycles. The van der Waals surface area contributed by atoms with Crippen LogP contribution in [-0.2, 0) is 9.53 Å². The summed E-state index contributed by atoms with van der Waals surface area (Å²) in [5.41, 5.74) is -0.525. The molecule has 2 heterocycles. The van der Waals surface area contributed by atoms with Crippen LogP contribution in [-0.4, -0.2) is 41.4 Å². The van der Waals surface area contributed by atoms with Crippen LogP contribution in [0.1, 0.15) is 32.6 Å². The fraction of sp³-hybridized carbons (Fsp3) is 0.917. The molecule has 0 spiro atoms. The molecule has 4 heteroatoms. The van der Waals surface area contributed by atoms with E-state index >= 15 is 0 Å². The van der Waals surface area contributed by atoms with Gasteiger partial charge in [0.1, 0.15) is 5.60 Å². The molecule has 0 bridgehead atoms. The number of carbonyl (C=O) groups is 1. The molecule has 2 rings (SSSR count). The van der Waals surface area contributed by atoms with E-state index in [2.05, 4.69) is 15.9 Å². The Balaban J connectivity index is 1.91. The first-order valence-corrected chi connectivity index (χ1v) is 7.27. The fourth-order valence-electron chi connectivity index (χ4n) is 2.69. The van der Waals surface area contributed by atoms with Crippen LogP contribution >= 0.6 is 15.9 Å². The SMILES string of the molecule is CC1(C(=O)N2CCC(CCBr)C2)CCCO1. The number of rotatable bonds is 3. The van der Waals surface area contributed by atoms with Crippen LogP contribution in [0.2, 0.25) is 0 Å². The summed E-state index contributed by atoms with van der Waals surface area (Å²) in [5.74, 6) is 0.885. The molecule has 1 amide bonds. The Morgan fingerprint density at radius 3 is 3.06 bits per heavy atom. The van der Waals surface area contributed by atoms with Crippen LogP contribution < -0.4 is 0 Å². The highest BCUT2D eigenvalue weighted by Gasteiger charge is 2.42. The molecule has 0 aliphatic carbocycles. The minimum Gasteiger partial charge on any atom is -0.365 e. The molecule has 0 aromatic rings. The second-order valence-electron chi connectivity index (χ2n) is 5.07. The predicted octanol–water partition coefficient (Wildman–Crippen LogP) is 2.19. The highest BCUT2D eigenvalue weighted by molar-refractivity contribution is 9.09. The van der Waals surface area contributed by atoms with E-state index in [0.29, 0.717) is 5.92 Å². The fourth-order valence-corrected chi connectivity index (χ4v) is 3.34. The van der Waals surface area contributed by atoms with E-state index in [1.54, 1.807) is 0 Å². The van der Waals surface area contributed by atoms with Gasteiger partial charge in [-0.05, 0) is 38.5 Å². The third kappa shape index (κ3) is 2.43. The van der Waals surface area contributed by atoms with E-state index in [1.807, 2.05) is 11.8 Å². The lowest BCUT2D eigenvalue weighted by Crippen LogP contribution is -2.45. The summed E-state index contributed by atoms with van der Waals surface area (Å²) < 4.78 is 5.61. The van der Waals surface area contributed by atoms with Gasteiger partial charge < -0.3 is 9.64 Å². The van der Waals surface area contributed by atoms with Gasteiger partial charge in [-0.25, -0.2) is 0 Å². The summed E-state index contributed by atoms with van der Waals surface area (Å²) >= 11 is 3.47. The maximum absolute atomic E-state index is 12.3. The lowest BCUT2D eigenvalue weighted by molar-refractivity contribution is -0.150. The summed E-state index contributed by atoms with van der Waals surface area (Å²) in [6, 6.07) is 0. The second-order valence-corrected chi connectivity index (χ2v) is 5.86. The van der Waals surface area contributed by atoms with Gasteiger partial charge in [-0.2, -0.15) is 0 Å². The molecule has 2 fully saturated rings. The van der Waals surface area contributed by atoms with Gasteiger partial charge in [0.15, 0.2) is 0 Å². The number of hydrogen-bond donors (Lipinski definition) is 0. The van der Waals surface area contributed by atoms with Crippen molar-refractivity contribution in [3.63, 3.8) is 0 Å². The van der Waals surface area contributed by atoms with Crippen molar-refractivity contribution in [3.05, 3.63) is 0 Å². The van der Waals surface area contributed by atoms with Crippen molar-refractivity contribution >= 4 is 21.8 Å². The van der Waals surface area contributed by atoms with Gasteiger partial charge in [-0.1, -0.05) is 15.9 Å². The van der Waals surface area contributed by atoms with Gasteiger partial charge in [-0.3, -0.25) is 4.79 Å². The van der Waals surface area contributed by atoms with E-state index in [9.17, 15) is 4.79 Å². The molecule has 0 aromatic carbocycles. The Morgan fingerprint density at radius 2 is 2.44 bits per heavy atom. The number of amides is 1. The third-order valence-corrected chi connectivity index (χ3v) is 4.22. The average molecular weight is 290 g/mol. The van der Waals surface area contributed by atoms with Crippen molar-refractivity contribution in [1.82, 2.24) is 4.90 Å². The van der Waals surface area contributed by atoms with Crippen LogP contribution in [0.15, 0.2) is 0 Å². The second kappa shape index (κ2) is 5.05. The van der Waals surface area contributed by atoms with E-state index < -0.39 is 5.60 Å². The number of hydrogen-bond acceptors (Lipinski definition) is 2. The first kappa shape index (κ1) is 12.4. The minimum atomic E-state index is -0.525. The number of carbonyl (C=O) groups excluding carboxylic acids is 1. The third-order valence-electron chi connectivity index (χ3n) is 3.76. The number of likely N-dealkylation sites (tertiary alicyclic amines) is 1. The van der Waals surface area contributed by atoms with E-state index in [4.69, 9.17) is 4.74 Å². The lowest BCUT2D eigenvalue weighted by Gasteiger charge is -2.28. The van der Waals surface area contributed by atoms with Crippen molar-refractivity contribution in [1.29, 1.82) is 0 Å². The first-order valence-electron chi connectivity index (χ1n) is 6.15. The van der Waals surface area contributed by atoms with E-state index in [1.165, 1.54) is 6.42 Å². The molecule has 2 aliphatic rings. The summed E-state index contributed by atoms with van der Waals surface area (Å²) in [7, 11) is 0. The van der Waals surface area contributed by atoms with Crippen molar-refractivity contribution in [2.24, 2.45) is 5.92 Å². The maximum Gasteiger partial charge on any atom is 0.254 e. The summed E-state index contributed by atoms with van der Waals surface area (Å²) in [5, 5.41) is 1.04. The molecular weight excluding hydrogens is 270 g/mol. The largest absolute Gasteiger partial charge is 0.365 e. The predicted molar refractivity (Wildman–Crippen MR) is 66.7 cm³/mol. The first-order chi connectivity index (χ1) is 7.65. The Bertz CT molecular complexity index is 264. The molecule has 2 saturated heterocycles. The zero-order chi connectivity index (χ0) is 11.6. The molecule has 92 valence electrons. The van der Waals surface area contributed by atoms with Crippen molar-refractivity contribution in [2.75, 3.05) is 25.0 Å². The average Bonchev–Trinajstić information content (AvgIpc) is 2.88. The van der Waals surface area contributed by atoms with Crippen LogP contribution in [0, 0.1) is 5.92 Å². The van der Waals surface area contributed by atoms with Crippen LogP contribution in [0.4, 0.5) is 0 Å². The number of nitrogens with zero attached hydrogens (tertiary/aromatic N) is 1. The molecule has 0 radical (unpaired) electrons. The molecule has 2 aliphatic heterocycles. The highest BCUT2D eigenvalue weighted by atomic mass is 79.9. The number of halogens is 1. The normalized spacial score (nSPS) is 34.6. The molecule has 0 saturated carbocycles. The zero-order valence-corrected chi connectivity index (χ0v) is 11.5. The topological polar surface area (TPSA) is 29.5 Å². The molecule has 2 atom stereocenters. The molecule has 3 nitrogen and oxygen atoms in total. The van der Waals surface area contributed by atoms with Crippen LogP contribution in [0.5, 0.6) is 0 Å². The van der Waals surface area contributed by atoms with Crippen molar-refractivity contribution in [2.45, 2.75) is 38.2 Å². The Labute approximate surface area is 106 Å². The van der Waals surface area contributed by atoms with Gasteiger partial charge in [0.2, 0.25) is 0 Å². The lowest BCUT2D eigenvalue weighted by atomic mass is 10.0. The van der Waals surface area contributed by atoms with Crippen molar-refractivity contribution in [3.8, 4) is 0 Å². The molecule has 2 unspecified atom stereocenters. The smallest absolute Gasteiger partial charge is 0.254 e. The van der Waals surface area contributed by atoms with Gasteiger partial charge in [0.25, 0.3) is 5.91 Å². The Kier molecular flexibility index (Phi) is 3.90. The van der Waals surface area contributed by atoms with Gasteiger partial charge in [-0.15, -0.1) is 0 Å². The Hall–Kier alpha value is -0.0900. The van der Waals surface area contributed by atoms with Crippen molar-refractivity contribution < 1.29 is 9.53 Å². The quantitative estimate of drug-likeness (QED) is 0.746. The van der Waals surface area contributed by atoms with Crippen LogP contribution in [0.25, 0.3) is 0 Å². The summed E-state index contributed by atoms with van der Waals surface area (Å²) in [6.45, 7) is 4.51. The number of alkyl halides is 1. The monoisotopic (exact) mass is 289 g/mol. The van der Waals surface area contributed by atoms with Gasteiger partial charge in [0, 0.05) is 25.0 Å². The number of ether oxygens (including phenoxy) is 1. The molecule has 0 N–H and O–H groups in total. The zero-order valence-electron chi connectivity index (χ0n) is 9.88. The highest BCUT2D eigenvalue weighted by Crippen LogP contribution is 2.30. The maximum atomic E-state index is 12.3. The Morgan fingerprint density at radius 1 is 1.62 bits per heavy atom. The van der Waals surface area contributed by atoms with Crippen LogP contribution in [0.3, 0.4) is 0 Å². The minimum absolute atomic E-state index is 0.210. The van der Waals surface area contributed by atoms with E-state index in [0.717, 1.165) is 44.3 Å². The molecule has 16 heavy (non-hydrogen) atoms.